The summed E-state index contributed by atoms with van der Waals surface area (Å²) in [6.45, 7) is 0. The monoisotopic (exact) mass is 714 g/mol. The zero-order valence-corrected chi connectivity index (χ0v) is 29.6. The summed E-state index contributed by atoms with van der Waals surface area (Å²) in [4.78, 5) is 0. The van der Waals surface area contributed by atoms with E-state index in [4.69, 9.17) is 8.83 Å². The molecule has 0 radical (unpaired) electrons. The van der Waals surface area contributed by atoms with E-state index in [-0.39, 0.29) is 0 Å². The average Bonchev–Trinajstić information content (AvgIpc) is 4.00. The molecule has 0 saturated heterocycles. The fourth-order valence-electron chi connectivity index (χ4n) is 9.06. The molecule has 0 N–H and O–H groups in total. The fraction of sp³-hybridized carbons (Fsp3) is 0. The minimum atomic E-state index is 0.539. The Labute approximate surface area is 318 Å². The summed E-state index contributed by atoms with van der Waals surface area (Å²) in [5.74, 6) is 0. The first-order valence-electron chi connectivity index (χ1n) is 18.5. The maximum absolute atomic E-state index is 10.4. The number of hydrogen-bond acceptors (Lipinski definition) is 4. The van der Waals surface area contributed by atoms with Crippen molar-refractivity contribution < 1.29 is 8.83 Å². The fourth-order valence-corrected chi connectivity index (χ4v) is 9.06. The van der Waals surface area contributed by atoms with E-state index in [9.17, 15) is 10.5 Å². The van der Waals surface area contributed by atoms with E-state index in [0.717, 1.165) is 110 Å². The van der Waals surface area contributed by atoms with Crippen LogP contribution in [0.4, 0.5) is 0 Å². The summed E-state index contributed by atoms with van der Waals surface area (Å²) in [6.07, 6.45) is 0. The standard InChI is InChI=1S/C50H26N4O2/c51-27-29-17-19-33(41(25-29)53-39-13-5-1-9-31(39)35-21-23-45-47(49(35)53)37-11-3-7-15-43(37)55-45)34-20-18-30(28-52)26-42(34)54-40-14-6-2-10-32(40)36-22-24-46-48(50(36)54)38-12-4-8-16-44(38)56-46/h1-26H. The molecule has 6 heteroatoms. The third kappa shape index (κ3) is 4.02. The summed E-state index contributed by atoms with van der Waals surface area (Å²) >= 11 is 0. The average molecular weight is 715 g/mol. The van der Waals surface area contributed by atoms with Crippen molar-refractivity contribution in [1.82, 2.24) is 9.13 Å². The quantitative estimate of drug-likeness (QED) is 0.182. The van der Waals surface area contributed by atoms with Gasteiger partial charge in [-0.05, 0) is 72.8 Å². The zero-order chi connectivity index (χ0) is 37.1. The second-order valence-electron chi connectivity index (χ2n) is 14.3. The van der Waals surface area contributed by atoms with E-state index in [1.165, 1.54) is 0 Å². The molecule has 0 spiro atoms. The minimum absolute atomic E-state index is 0.539. The van der Waals surface area contributed by atoms with E-state index >= 15 is 0 Å². The molecule has 0 aliphatic rings. The molecule has 0 aliphatic carbocycles. The Morgan fingerprint density at radius 2 is 0.786 bits per heavy atom. The molecule has 0 amide bonds. The molecule has 12 rings (SSSR count). The number of aromatic nitrogens is 2. The first-order valence-corrected chi connectivity index (χ1v) is 18.5. The van der Waals surface area contributed by atoms with Crippen LogP contribution in [0.2, 0.25) is 0 Å². The van der Waals surface area contributed by atoms with Crippen molar-refractivity contribution in [2.45, 2.75) is 0 Å². The number of furan rings is 2. The molecule has 0 fully saturated rings. The minimum Gasteiger partial charge on any atom is -0.456 e. The molecular formula is C50H26N4O2. The molecule has 6 nitrogen and oxygen atoms in total. The Bertz CT molecular complexity index is 3500. The first-order chi connectivity index (χ1) is 27.7. The largest absolute Gasteiger partial charge is 0.456 e. The van der Waals surface area contributed by atoms with Gasteiger partial charge in [0.2, 0.25) is 0 Å². The Morgan fingerprint density at radius 1 is 0.375 bits per heavy atom. The van der Waals surface area contributed by atoms with Crippen LogP contribution < -0.4 is 0 Å². The van der Waals surface area contributed by atoms with Crippen molar-refractivity contribution in [2.75, 3.05) is 0 Å². The number of benzene rings is 8. The van der Waals surface area contributed by atoms with Gasteiger partial charge in [-0.15, -0.1) is 0 Å². The normalized spacial score (nSPS) is 11.9. The number of nitrogens with zero attached hydrogens (tertiary/aromatic N) is 4. The predicted octanol–water partition coefficient (Wildman–Crippen LogP) is 13.1. The molecule has 0 bridgehead atoms. The van der Waals surface area contributed by atoms with Gasteiger partial charge in [0.15, 0.2) is 0 Å². The van der Waals surface area contributed by atoms with Crippen molar-refractivity contribution in [2.24, 2.45) is 0 Å². The van der Waals surface area contributed by atoms with Crippen LogP contribution >= 0.6 is 0 Å². The highest BCUT2D eigenvalue weighted by molar-refractivity contribution is 6.26. The molecule has 12 aromatic rings. The van der Waals surface area contributed by atoms with Crippen LogP contribution in [0.1, 0.15) is 11.1 Å². The lowest BCUT2D eigenvalue weighted by Gasteiger charge is -2.19. The van der Waals surface area contributed by atoms with Crippen LogP contribution in [0.25, 0.3) is 110 Å². The Kier molecular flexibility index (Phi) is 6.10. The van der Waals surface area contributed by atoms with Crippen LogP contribution in [0, 0.1) is 22.7 Å². The number of rotatable bonds is 3. The maximum Gasteiger partial charge on any atom is 0.137 e. The predicted molar refractivity (Wildman–Crippen MR) is 225 cm³/mol. The Hall–Kier alpha value is -8.06. The Balaban J connectivity index is 1.26. The Morgan fingerprint density at radius 3 is 1.23 bits per heavy atom. The van der Waals surface area contributed by atoms with Gasteiger partial charge in [-0.1, -0.05) is 84.9 Å². The van der Waals surface area contributed by atoms with Crippen molar-refractivity contribution in [3.8, 4) is 34.6 Å². The number of nitriles is 2. The molecule has 0 aliphatic heterocycles. The lowest BCUT2D eigenvalue weighted by atomic mass is 9.97. The highest BCUT2D eigenvalue weighted by Crippen LogP contribution is 2.46. The van der Waals surface area contributed by atoms with Crippen molar-refractivity contribution in [3.05, 3.63) is 169 Å². The molecule has 258 valence electrons. The highest BCUT2D eigenvalue weighted by Gasteiger charge is 2.25. The second kappa shape index (κ2) is 11.2. The molecular weight excluding hydrogens is 689 g/mol. The van der Waals surface area contributed by atoms with Gasteiger partial charge in [0.05, 0.1) is 67.5 Å². The van der Waals surface area contributed by atoms with Crippen molar-refractivity contribution >= 4 is 87.5 Å². The molecule has 0 atom stereocenters. The van der Waals surface area contributed by atoms with E-state index < -0.39 is 0 Å². The number of fused-ring (bicyclic) bond motifs is 14. The van der Waals surface area contributed by atoms with Gasteiger partial charge in [0.1, 0.15) is 22.3 Å². The van der Waals surface area contributed by atoms with Crippen LogP contribution in [0.5, 0.6) is 0 Å². The lowest BCUT2D eigenvalue weighted by molar-refractivity contribution is 0.669. The van der Waals surface area contributed by atoms with Crippen LogP contribution in [0.3, 0.4) is 0 Å². The van der Waals surface area contributed by atoms with Crippen LogP contribution in [0.15, 0.2) is 167 Å². The topological polar surface area (TPSA) is 83.7 Å². The smallest absolute Gasteiger partial charge is 0.137 e. The van der Waals surface area contributed by atoms with Crippen LogP contribution in [-0.2, 0) is 0 Å². The van der Waals surface area contributed by atoms with Gasteiger partial charge < -0.3 is 18.0 Å². The summed E-state index contributed by atoms with van der Waals surface area (Å²) in [5.41, 5.74) is 11.8. The van der Waals surface area contributed by atoms with Gasteiger partial charge in [-0.25, -0.2) is 0 Å². The zero-order valence-electron chi connectivity index (χ0n) is 29.6. The number of hydrogen-bond donors (Lipinski definition) is 0. The van der Waals surface area contributed by atoms with Crippen molar-refractivity contribution in [3.63, 3.8) is 0 Å². The summed E-state index contributed by atoms with van der Waals surface area (Å²) in [5, 5.41) is 29.2. The van der Waals surface area contributed by atoms with E-state index in [1.807, 2.05) is 72.8 Å². The molecule has 8 aromatic carbocycles. The van der Waals surface area contributed by atoms with Gasteiger partial charge in [0, 0.05) is 43.4 Å². The third-order valence-corrected chi connectivity index (χ3v) is 11.4. The molecule has 4 heterocycles. The van der Waals surface area contributed by atoms with Gasteiger partial charge in [-0.3, -0.25) is 0 Å². The molecule has 56 heavy (non-hydrogen) atoms. The van der Waals surface area contributed by atoms with E-state index in [1.54, 1.807) is 0 Å². The van der Waals surface area contributed by atoms with E-state index in [0.29, 0.717) is 11.1 Å². The number of para-hydroxylation sites is 4. The molecule has 0 saturated carbocycles. The third-order valence-electron chi connectivity index (χ3n) is 11.4. The molecule has 4 aromatic heterocycles. The van der Waals surface area contributed by atoms with Gasteiger partial charge in [-0.2, -0.15) is 10.5 Å². The van der Waals surface area contributed by atoms with Gasteiger partial charge in [0.25, 0.3) is 0 Å². The van der Waals surface area contributed by atoms with E-state index in [2.05, 4.69) is 106 Å². The van der Waals surface area contributed by atoms with Crippen LogP contribution in [-0.4, -0.2) is 9.13 Å². The second-order valence-corrected chi connectivity index (χ2v) is 14.3. The first kappa shape index (κ1) is 30.4. The SMILES string of the molecule is N#Cc1ccc(-c2ccc(C#N)cc2-n2c3ccccc3c3ccc4oc5ccccc5c4c32)c(-n2c3ccccc3c3ccc4oc5ccccc5c4c32)c1. The molecule has 0 unspecified atom stereocenters. The van der Waals surface area contributed by atoms with Crippen molar-refractivity contribution in [1.29, 1.82) is 10.5 Å². The maximum atomic E-state index is 10.4. The summed E-state index contributed by atoms with van der Waals surface area (Å²) < 4.78 is 17.5. The van der Waals surface area contributed by atoms with Gasteiger partial charge >= 0.3 is 0 Å². The lowest BCUT2D eigenvalue weighted by Crippen LogP contribution is -2.03. The highest BCUT2D eigenvalue weighted by atomic mass is 16.3. The summed E-state index contributed by atoms with van der Waals surface area (Å²) in [6, 6.07) is 58.2. The summed E-state index contributed by atoms with van der Waals surface area (Å²) in [7, 11) is 0.